The summed E-state index contributed by atoms with van der Waals surface area (Å²) in [4.78, 5) is 26.7. The Morgan fingerprint density at radius 2 is 1.70 bits per heavy atom. The zero-order chi connectivity index (χ0) is 16.6. The van der Waals surface area contributed by atoms with Crippen LogP contribution < -0.4 is 4.90 Å². The first-order chi connectivity index (χ1) is 11.0. The number of hydrogen-bond acceptors (Lipinski definition) is 4. The number of benzene rings is 2. The third-order valence-electron chi connectivity index (χ3n) is 3.77. The molecule has 1 saturated heterocycles. The van der Waals surface area contributed by atoms with Crippen LogP contribution in [0.3, 0.4) is 0 Å². The lowest BCUT2D eigenvalue weighted by Crippen LogP contribution is -2.28. The molecule has 2 aromatic carbocycles. The largest absolute Gasteiger partial charge is 0.508 e. The van der Waals surface area contributed by atoms with Crippen LogP contribution in [0.15, 0.2) is 53.4 Å². The minimum Gasteiger partial charge on any atom is -0.508 e. The van der Waals surface area contributed by atoms with E-state index in [4.69, 9.17) is 0 Å². The first kappa shape index (κ1) is 15.4. The zero-order valence-electron chi connectivity index (χ0n) is 12.7. The topological polar surface area (TPSA) is 57.6 Å². The molecule has 0 radical (unpaired) electrons. The smallest absolute Gasteiger partial charge is 0.298 e. The lowest BCUT2D eigenvalue weighted by atomic mass is 10.1. The van der Waals surface area contributed by atoms with Crippen LogP contribution in [-0.4, -0.2) is 16.3 Å². The molecule has 1 N–H and O–H groups in total. The average molecular weight is 325 g/mol. The van der Waals surface area contributed by atoms with Gasteiger partial charge in [-0.15, -0.1) is 0 Å². The molecule has 2 aromatic rings. The fourth-order valence-corrected chi connectivity index (χ4v) is 3.36. The summed E-state index contributed by atoms with van der Waals surface area (Å²) in [5, 5.41) is 9.07. The molecule has 0 aliphatic carbocycles. The second kappa shape index (κ2) is 5.93. The minimum absolute atomic E-state index is 0.162. The highest BCUT2D eigenvalue weighted by Gasteiger charge is 2.38. The molecule has 4 nitrogen and oxygen atoms in total. The maximum atomic E-state index is 12.7. The molecule has 23 heavy (non-hydrogen) atoms. The fourth-order valence-electron chi connectivity index (χ4n) is 2.46. The number of hydrogen-bond donors (Lipinski definition) is 1. The van der Waals surface area contributed by atoms with Gasteiger partial charge in [0.1, 0.15) is 5.75 Å². The number of rotatable bonds is 2. The Balaban J connectivity index is 2.03. The summed E-state index contributed by atoms with van der Waals surface area (Å²) in [6, 6.07) is 13.9. The van der Waals surface area contributed by atoms with E-state index >= 15 is 0 Å². The van der Waals surface area contributed by atoms with E-state index in [1.807, 2.05) is 25.1 Å². The van der Waals surface area contributed by atoms with Crippen molar-refractivity contribution in [2.24, 2.45) is 0 Å². The predicted octanol–water partition coefficient (Wildman–Crippen LogP) is 4.33. The quantitative estimate of drug-likeness (QED) is 0.835. The zero-order valence-corrected chi connectivity index (χ0v) is 13.6. The van der Waals surface area contributed by atoms with Crippen molar-refractivity contribution in [3.63, 3.8) is 0 Å². The van der Waals surface area contributed by atoms with Gasteiger partial charge in [-0.2, -0.15) is 0 Å². The molecular formula is C18H15NO3S. The molecule has 0 saturated carbocycles. The summed E-state index contributed by atoms with van der Waals surface area (Å²) in [6.07, 6.45) is 0. The Labute approximate surface area is 138 Å². The molecule has 0 atom stereocenters. The molecule has 1 aliphatic rings. The highest BCUT2D eigenvalue weighted by atomic mass is 32.2. The molecule has 5 heteroatoms. The lowest BCUT2D eigenvalue weighted by molar-refractivity contribution is -0.113. The van der Waals surface area contributed by atoms with Crippen molar-refractivity contribution in [1.82, 2.24) is 0 Å². The number of anilines is 1. The van der Waals surface area contributed by atoms with E-state index in [0.29, 0.717) is 10.6 Å². The number of carbonyl (C=O) groups excluding carboxylic acids is 2. The van der Waals surface area contributed by atoms with Crippen molar-refractivity contribution >= 4 is 34.2 Å². The molecule has 3 rings (SSSR count). The number of amides is 2. The van der Waals surface area contributed by atoms with Crippen LogP contribution in [0.5, 0.6) is 5.75 Å². The van der Waals surface area contributed by atoms with Crippen molar-refractivity contribution in [2.75, 3.05) is 4.90 Å². The van der Waals surface area contributed by atoms with Crippen LogP contribution in [0.2, 0.25) is 0 Å². The Morgan fingerprint density at radius 1 is 1.04 bits per heavy atom. The Morgan fingerprint density at radius 3 is 2.35 bits per heavy atom. The van der Waals surface area contributed by atoms with Crippen molar-refractivity contribution in [3.8, 4) is 5.75 Å². The van der Waals surface area contributed by atoms with Gasteiger partial charge in [0.15, 0.2) is 0 Å². The van der Waals surface area contributed by atoms with E-state index in [1.165, 1.54) is 4.90 Å². The maximum absolute atomic E-state index is 12.7. The lowest BCUT2D eigenvalue weighted by Gasteiger charge is -2.15. The molecule has 2 amide bonds. The van der Waals surface area contributed by atoms with Crippen LogP contribution in [-0.2, 0) is 4.79 Å². The number of aryl methyl sites for hydroxylation is 1. The highest BCUT2D eigenvalue weighted by molar-refractivity contribution is 8.19. The number of allylic oxidation sites excluding steroid dienone is 1. The third-order valence-corrected chi connectivity index (χ3v) is 4.81. The first-order valence-corrected chi connectivity index (χ1v) is 7.93. The van der Waals surface area contributed by atoms with Crippen LogP contribution >= 0.6 is 11.8 Å². The van der Waals surface area contributed by atoms with Gasteiger partial charge < -0.3 is 5.11 Å². The molecular weight excluding hydrogens is 310 g/mol. The molecule has 0 unspecified atom stereocenters. The summed E-state index contributed by atoms with van der Waals surface area (Å²) >= 11 is 0.947. The number of imide groups is 1. The number of para-hydroxylation sites is 1. The molecule has 0 bridgehead atoms. The number of nitrogens with zero attached hydrogens (tertiary/aromatic N) is 1. The van der Waals surface area contributed by atoms with E-state index < -0.39 is 0 Å². The number of aromatic hydroxyl groups is 1. The van der Waals surface area contributed by atoms with Gasteiger partial charge in [-0.3, -0.25) is 9.59 Å². The van der Waals surface area contributed by atoms with E-state index in [1.54, 1.807) is 37.3 Å². The molecule has 0 aromatic heterocycles. The minimum atomic E-state index is -0.306. The predicted molar refractivity (Wildman–Crippen MR) is 92.4 cm³/mol. The van der Waals surface area contributed by atoms with Crippen LogP contribution in [0, 0.1) is 6.92 Å². The van der Waals surface area contributed by atoms with Crippen molar-refractivity contribution in [3.05, 3.63) is 64.6 Å². The van der Waals surface area contributed by atoms with E-state index in [2.05, 4.69) is 0 Å². The van der Waals surface area contributed by atoms with Crippen LogP contribution in [0.1, 0.15) is 18.1 Å². The van der Waals surface area contributed by atoms with Gasteiger partial charge in [0.2, 0.25) is 0 Å². The average Bonchev–Trinajstić information content (AvgIpc) is 2.83. The molecule has 1 aliphatic heterocycles. The Hall–Kier alpha value is -2.53. The molecule has 1 fully saturated rings. The fraction of sp³-hybridized carbons (Fsp3) is 0.111. The summed E-state index contributed by atoms with van der Waals surface area (Å²) in [5.41, 5.74) is 3.02. The van der Waals surface area contributed by atoms with Gasteiger partial charge in [-0.1, -0.05) is 30.3 Å². The molecule has 1 heterocycles. The summed E-state index contributed by atoms with van der Waals surface area (Å²) < 4.78 is 0. The van der Waals surface area contributed by atoms with Gasteiger partial charge in [0.05, 0.1) is 10.6 Å². The first-order valence-electron chi connectivity index (χ1n) is 7.11. The SMILES string of the molecule is C/C(=C1/SC(=O)N(c2ccccc2C)C1=O)c1ccc(O)cc1. The maximum Gasteiger partial charge on any atom is 0.298 e. The second-order valence-electron chi connectivity index (χ2n) is 5.30. The van der Waals surface area contributed by atoms with Crippen molar-refractivity contribution in [2.45, 2.75) is 13.8 Å². The van der Waals surface area contributed by atoms with Gasteiger partial charge >= 0.3 is 0 Å². The molecule has 0 spiro atoms. The van der Waals surface area contributed by atoms with Crippen molar-refractivity contribution < 1.29 is 14.7 Å². The van der Waals surface area contributed by atoms with E-state index in [0.717, 1.165) is 28.5 Å². The highest BCUT2D eigenvalue weighted by Crippen LogP contribution is 2.39. The molecule has 116 valence electrons. The Bertz CT molecular complexity index is 824. The number of phenols is 1. The van der Waals surface area contributed by atoms with Crippen molar-refractivity contribution in [1.29, 1.82) is 0 Å². The standard InChI is InChI=1S/C18H15NO3S/c1-11-5-3-4-6-15(11)19-17(21)16(23-18(19)22)12(2)13-7-9-14(20)10-8-13/h3-10,20H,1-2H3/b16-12-. The normalized spacial score (nSPS) is 16.9. The van der Waals surface area contributed by atoms with Gasteiger partial charge in [0.25, 0.3) is 11.1 Å². The monoisotopic (exact) mass is 325 g/mol. The Kier molecular flexibility index (Phi) is 3.96. The van der Waals surface area contributed by atoms with Crippen LogP contribution in [0.4, 0.5) is 10.5 Å². The van der Waals surface area contributed by atoms with E-state index in [-0.39, 0.29) is 16.9 Å². The van der Waals surface area contributed by atoms with Gasteiger partial charge in [-0.05, 0) is 60.5 Å². The number of phenolic OH excluding ortho intramolecular Hbond substituents is 1. The van der Waals surface area contributed by atoms with Gasteiger partial charge in [0, 0.05) is 0 Å². The second-order valence-corrected chi connectivity index (χ2v) is 6.26. The van der Waals surface area contributed by atoms with Crippen LogP contribution in [0.25, 0.3) is 5.57 Å². The summed E-state index contributed by atoms with van der Waals surface area (Å²) in [7, 11) is 0. The number of carbonyl (C=O) groups is 2. The number of thioether (sulfide) groups is 1. The summed E-state index contributed by atoms with van der Waals surface area (Å²) in [6.45, 7) is 3.68. The third kappa shape index (κ3) is 2.75. The van der Waals surface area contributed by atoms with E-state index in [9.17, 15) is 14.7 Å². The van der Waals surface area contributed by atoms with Gasteiger partial charge in [-0.25, -0.2) is 4.90 Å². The summed E-state index contributed by atoms with van der Waals surface area (Å²) in [5.74, 6) is -0.144.